The van der Waals surface area contributed by atoms with Crippen molar-refractivity contribution in [3.63, 3.8) is 0 Å². The average molecular weight is 300 g/mol. The summed E-state index contributed by atoms with van der Waals surface area (Å²) in [7, 11) is 1.93. The lowest BCUT2D eigenvalue weighted by atomic mass is 10.1. The predicted molar refractivity (Wildman–Crippen MR) is 84.6 cm³/mol. The Morgan fingerprint density at radius 3 is 3.00 bits per heavy atom. The van der Waals surface area contributed by atoms with Gasteiger partial charge in [-0.3, -0.25) is 4.98 Å². The fraction of sp³-hybridized carbons (Fsp3) is 0.267. The maximum Gasteiger partial charge on any atom is 0.140 e. The van der Waals surface area contributed by atoms with Crippen LogP contribution in [0.5, 0.6) is 0 Å². The normalized spacial score (nSPS) is 12.5. The van der Waals surface area contributed by atoms with Crippen molar-refractivity contribution in [3.05, 3.63) is 47.4 Å². The van der Waals surface area contributed by atoms with E-state index < -0.39 is 6.10 Å². The van der Waals surface area contributed by atoms with Gasteiger partial charge in [-0.15, -0.1) is 11.3 Å². The highest BCUT2D eigenvalue weighted by atomic mass is 32.1. The summed E-state index contributed by atoms with van der Waals surface area (Å²) in [5, 5.41) is 13.5. The molecule has 0 saturated heterocycles. The van der Waals surface area contributed by atoms with Crippen LogP contribution in [0.4, 0.5) is 5.82 Å². The number of aliphatic hydroxyl groups is 1. The van der Waals surface area contributed by atoms with Crippen molar-refractivity contribution in [1.82, 2.24) is 15.0 Å². The summed E-state index contributed by atoms with van der Waals surface area (Å²) < 4.78 is 0. The highest BCUT2D eigenvalue weighted by Gasteiger charge is 2.16. The number of aryl methyl sites for hydroxylation is 1. The Kier molecular flexibility index (Phi) is 3.81. The third-order valence-electron chi connectivity index (χ3n) is 3.41. The smallest absolute Gasteiger partial charge is 0.140 e. The van der Waals surface area contributed by atoms with Crippen LogP contribution in [0.15, 0.2) is 36.2 Å². The van der Waals surface area contributed by atoms with Gasteiger partial charge in [-0.05, 0) is 23.9 Å². The fourth-order valence-corrected chi connectivity index (χ4v) is 3.20. The number of rotatable bonds is 4. The molecule has 0 radical (unpaired) electrons. The molecule has 3 rings (SSSR count). The Morgan fingerprint density at radius 1 is 1.38 bits per heavy atom. The van der Waals surface area contributed by atoms with Crippen molar-refractivity contribution in [3.8, 4) is 0 Å². The SMILES string of the molecule is Cc1csc2ncnc(N(C)CC(O)c3cccnc3)c12. The van der Waals surface area contributed by atoms with Gasteiger partial charge in [0.05, 0.1) is 11.5 Å². The van der Waals surface area contributed by atoms with Crippen LogP contribution in [0, 0.1) is 6.92 Å². The highest BCUT2D eigenvalue weighted by Crippen LogP contribution is 2.30. The summed E-state index contributed by atoms with van der Waals surface area (Å²) in [6, 6.07) is 3.70. The van der Waals surface area contributed by atoms with Crippen LogP contribution < -0.4 is 4.90 Å². The van der Waals surface area contributed by atoms with Crippen molar-refractivity contribution < 1.29 is 5.11 Å². The number of thiophene rings is 1. The first-order chi connectivity index (χ1) is 10.2. The molecule has 1 unspecified atom stereocenters. The minimum absolute atomic E-state index is 0.451. The van der Waals surface area contributed by atoms with E-state index in [0.717, 1.165) is 27.2 Å². The number of likely N-dealkylation sites (N-methyl/N-ethyl adjacent to an activating group) is 1. The van der Waals surface area contributed by atoms with Crippen molar-refractivity contribution >= 4 is 27.4 Å². The molecule has 0 fully saturated rings. The van der Waals surface area contributed by atoms with Crippen molar-refractivity contribution in [2.24, 2.45) is 0 Å². The zero-order valence-electron chi connectivity index (χ0n) is 11.9. The van der Waals surface area contributed by atoms with E-state index in [0.29, 0.717) is 6.54 Å². The van der Waals surface area contributed by atoms with Gasteiger partial charge in [-0.2, -0.15) is 0 Å². The maximum atomic E-state index is 10.3. The molecule has 6 heteroatoms. The van der Waals surface area contributed by atoms with Crippen LogP contribution in [0.25, 0.3) is 10.2 Å². The standard InChI is InChI=1S/C15H16N4OS/c1-10-8-21-15-13(10)14(17-9-18-15)19(2)7-12(20)11-4-3-5-16-6-11/h3-6,8-9,12,20H,7H2,1-2H3. The highest BCUT2D eigenvalue weighted by molar-refractivity contribution is 7.17. The van der Waals surface area contributed by atoms with Gasteiger partial charge in [0.25, 0.3) is 0 Å². The molecule has 0 amide bonds. The van der Waals surface area contributed by atoms with Crippen LogP contribution >= 0.6 is 11.3 Å². The molecule has 3 aromatic heterocycles. The van der Waals surface area contributed by atoms with Gasteiger partial charge in [0.15, 0.2) is 0 Å². The molecule has 3 aromatic rings. The Balaban J connectivity index is 1.87. The second-order valence-electron chi connectivity index (χ2n) is 4.98. The number of pyridine rings is 1. The van der Waals surface area contributed by atoms with Crippen LogP contribution in [-0.2, 0) is 0 Å². The first-order valence-electron chi connectivity index (χ1n) is 6.64. The van der Waals surface area contributed by atoms with Crippen LogP contribution in [-0.4, -0.2) is 33.7 Å². The largest absolute Gasteiger partial charge is 0.386 e. The Morgan fingerprint density at radius 2 is 2.24 bits per heavy atom. The van der Waals surface area contributed by atoms with E-state index in [1.165, 1.54) is 0 Å². The first-order valence-corrected chi connectivity index (χ1v) is 7.52. The first kappa shape index (κ1) is 13.9. The van der Waals surface area contributed by atoms with Gasteiger partial charge in [0.2, 0.25) is 0 Å². The third kappa shape index (κ3) is 2.72. The minimum Gasteiger partial charge on any atom is -0.386 e. The summed E-state index contributed by atoms with van der Waals surface area (Å²) in [6.07, 6.45) is 4.35. The lowest BCUT2D eigenvalue weighted by Crippen LogP contribution is -2.25. The van der Waals surface area contributed by atoms with Gasteiger partial charge in [0, 0.05) is 31.5 Å². The number of nitrogens with zero attached hydrogens (tertiary/aromatic N) is 4. The van der Waals surface area contributed by atoms with E-state index in [1.807, 2.05) is 24.1 Å². The molecule has 0 aromatic carbocycles. The molecule has 0 aliphatic carbocycles. The van der Waals surface area contributed by atoms with Gasteiger partial charge in [-0.25, -0.2) is 9.97 Å². The molecular formula is C15H16N4OS. The maximum absolute atomic E-state index is 10.3. The predicted octanol–water partition coefficient (Wildman–Crippen LogP) is 2.56. The molecule has 108 valence electrons. The number of aromatic nitrogens is 3. The van der Waals surface area contributed by atoms with Crippen LogP contribution in [0.2, 0.25) is 0 Å². The zero-order chi connectivity index (χ0) is 14.8. The summed E-state index contributed by atoms with van der Waals surface area (Å²) in [5.41, 5.74) is 1.96. The van der Waals surface area contributed by atoms with Crippen LogP contribution in [0.3, 0.4) is 0 Å². The van der Waals surface area contributed by atoms with E-state index in [2.05, 4.69) is 27.3 Å². The Labute approximate surface area is 126 Å². The summed E-state index contributed by atoms with van der Waals surface area (Å²) in [4.78, 5) is 15.6. The van der Waals surface area contributed by atoms with E-state index in [9.17, 15) is 5.11 Å². The lowest BCUT2D eigenvalue weighted by Gasteiger charge is -2.22. The number of fused-ring (bicyclic) bond motifs is 1. The van der Waals surface area contributed by atoms with Crippen molar-refractivity contribution in [1.29, 1.82) is 0 Å². The van der Waals surface area contributed by atoms with Gasteiger partial charge in [0.1, 0.15) is 17.0 Å². The molecule has 0 aliphatic heterocycles. The summed E-state index contributed by atoms with van der Waals surface area (Å²) in [5.74, 6) is 0.849. The molecule has 21 heavy (non-hydrogen) atoms. The Hall–Kier alpha value is -2.05. The van der Waals surface area contributed by atoms with Gasteiger partial charge in [-0.1, -0.05) is 6.07 Å². The molecule has 5 nitrogen and oxygen atoms in total. The second-order valence-corrected chi connectivity index (χ2v) is 5.84. The molecule has 0 saturated carbocycles. The van der Waals surface area contributed by atoms with E-state index >= 15 is 0 Å². The van der Waals surface area contributed by atoms with Gasteiger partial charge >= 0.3 is 0 Å². The molecule has 0 aliphatic rings. The second kappa shape index (κ2) is 5.75. The molecule has 1 N–H and O–H groups in total. The quantitative estimate of drug-likeness (QED) is 0.802. The molecule has 1 atom stereocenters. The zero-order valence-corrected chi connectivity index (χ0v) is 12.7. The Bertz CT molecular complexity index is 744. The monoisotopic (exact) mass is 300 g/mol. The van der Waals surface area contributed by atoms with E-state index in [1.54, 1.807) is 30.1 Å². The lowest BCUT2D eigenvalue weighted by molar-refractivity contribution is 0.184. The molecule has 3 heterocycles. The third-order valence-corrected chi connectivity index (χ3v) is 4.42. The molecule has 0 bridgehead atoms. The topological polar surface area (TPSA) is 62.1 Å². The number of hydrogen-bond donors (Lipinski definition) is 1. The van der Waals surface area contributed by atoms with E-state index in [4.69, 9.17) is 0 Å². The summed E-state index contributed by atoms with van der Waals surface area (Å²) >= 11 is 1.61. The minimum atomic E-state index is -0.604. The average Bonchev–Trinajstić information content (AvgIpc) is 2.90. The van der Waals surface area contributed by atoms with Crippen molar-refractivity contribution in [2.45, 2.75) is 13.0 Å². The molecular weight excluding hydrogens is 284 g/mol. The molecule has 0 spiro atoms. The van der Waals surface area contributed by atoms with Gasteiger partial charge < -0.3 is 10.0 Å². The number of aliphatic hydroxyl groups excluding tert-OH is 1. The van der Waals surface area contributed by atoms with E-state index in [-0.39, 0.29) is 0 Å². The fourth-order valence-electron chi connectivity index (χ4n) is 2.31. The van der Waals surface area contributed by atoms with Crippen LogP contribution in [0.1, 0.15) is 17.2 Å². The summed E-state index contributed by atoms with van der Waals surface area (Å²) in [6.45, 7) is 2.50. The number of anilines is 1. The van der Waals surface area contributed by atoms with Crippen molar-refractivity contribution in [2.75, 3.05) is 18.5 Å². The number of hydrogen-bond acceptors (Lipinski definition) is 6.